The third kappa shape index (κ3) is 6.04. The molecule has 1 aliphatic rings. The van der Waals surface area contributed by atoms with Crippen molar-refractivity contribution in [3.8, 4) is 0 Å². The Morgan fingerprint density at radius 2 is 1.58 bits per heavy atom. The van der Waals surface area contributed by atoms with Crippen molar-refractivity contribution in [1.29, 1.82) is 0 Å². The van der Waals surface area contributed by atoms with E-state index in [9.17, 15) is 22.8 Å². The van der Waals surface area contributed by atoms with Crippen LogP contribution in [-0.2, 0) is 25.9 Å². The van der Waals surface area contributed by atoms with Crippen LogP contribution in [0.5, 0.6) is 0 Å². The highest BCUT2D eigenvalue weighted by Crippen LogP contribution is 2.33. The number of hydrogen-bond donors (Lipinski definition) is 1. The zero-order valence-electron chi connectivity index (χ0n) is 18.9. The number of carbonyl (C=O) groups excluding carboxylic acids is 2. The third-order valence-electron chi connectivity index (χ3n) is 5.92. The number of halogens is 3. The monoisotopic (exact) mass is 463 g/mol. The van der Waals surface area contributed by atoms with E-state index < -0.39 is 23.1 Å². The number of piperazine rings is 1. The largest absolute Gasteiger partial charge is 0.468 e. The highest BCUT2D eigenvalue weighted by atomic mass is 19.4. The summed E-state index contributed by atoms with van der Waals surface area (Å²) in [6, 6.07) is 12.2. The smallest absolute Gasteiger partial charge is 0.416 e. The molecule has 1 amide bonds. The van der Waals surface area contributed by atoms with Gasteiger partial charge in [-0.15, -0.1) is 0 Å². The fourth-order valence-corrected chi connectivity index (χ4v) is 3.67. The quantitative estimate of drug-likeness (QED) is 0.658. The van der Waals surface area contributed by atoms with Crippen molar-refractivity contribution >= 4 is 23.3 Å². The number of ether oxygens (including phenoxy) is 1. The second-order valence-electron chi connectivity index (χ2n) is 8.54. The van der Waals surface area contributed by atoms with Crippen molar-refractivity contribution < 1.29 is 27.5 Å². The predicted octanol–water partition coefficient (Wildman–Crippen LogP) is 3.92. The zero-order valence-corrected chi connectivity index (χ0v) is 18.9. The average Bonchev–Trinajstić information content (AvgIpc) is 2.79. The lowest BCUT2D eigenvalue weighted by atomic mass is 9.83. The summed E-state index contributed by atoms with van der Waals surface area (Å²) in [6.45, 7) is 6.45. The Labute approximate surface area is 191 Å². The first kappa shape index (κ1) is 24.6. The first-order chi connectivity index (χ1) is 15.5. The van der Waals surface area contributed by atoms with Gasteiger partial charge in [0.05, 0.1) is 24.6 Å². The van der Waals surface area contributed by atoms with Gasteiger partial charge in [-0.25, -0.2) is 0 Å². The standard InChI is InChI=1S/C24H28F3N3O3/c1-23(2,17-5-4-6-18(15-17)24(25,26)27)22(32)28-19-7-9-20(10-8-19)30-13-11-29(12-14-30)16-21(31)33-3/h4-10,15H,11-14,16H2,1-3H3,(H,28,32). The van der Waals surface area contributed by atoms with Crippen LogP contribution < -0.4 is 10.2 Å². The molecule has 0 spiro atoms. The molecule has 0 saturated carbocycles. The Morgan fingerprint density at radius 1 is 0.970 bits per heavy atom. The Balaban J connectivity index is 1.62. The molecule has 1 aliphatic heterocycles. The molecule has 0 aliphatic carbocycles. The topological polar surface area (TPSA) is 61.9 Å². The summed E-state index contributed by atoms with van der Waals surface area (Å²) >= 11 is 0. The normalized spacial score (nSPS) is 15.3. The van der Waals surface area contributed by atoms with E-state index in [0.29, 0.717) is 5.69 Å². The van der Waals surface area contributed by atoms with Gasteiger partial charge in [-0.3, -0.25) is 14.5 Å². The molecule has 3 rings (SSSR count). The molecular weight excluding hydrogens is 435 g/mol. The fourth-order valence-electron chi connectivity index (χ4n) is 3.67. The lowest BCUT2D eigenvalue weighted by Crippen LogP contribution is -2.48. The number of methoxy groups -OCH3 is 1. The Morgan fingerprint density at radius 3 is 2.15 bits per heavy atom. The number of rotatable bonds is 6. The van der Waals surface area contributed by atoms with Crippen LogP contribution in [0.3, 0.4) is 0 Å². The van der Waals surface area contributed by atoms with Crippen molar-refractivity contribution in [2.75, 3.05) is 50.1 Å². The number of amides is 1. The molecule has 0 atom stereocenters. The van der Waals surface area contributed by atoms with Gasteiger partial charge in [-0.1, -0.05) is 18.2 Å². The van der Waals surface area contributed by atoms with Gasteiger partial charge in [0.25, 0.3) is 0 Å². The van der Waals surface area contributed by atoms with Crippen molar-refractivity contribution in [3.63, 3.8) is 0 Å². The molecular formula is C24H28F3N3O3. The molecule has 1 fully saturated rings. The molecule has 1 heterocycles. The number of hydrogen-bond acceptors (Lipinski definition) is 5. The average molecular weight is 464 g/mol. The molecule has 0 bridgehead atoms. The van der Waals surface area contributed by atoms with E-state index >= 15 is 0 Å². The van der Waals surface area contributed by atoms with Crippen LogP contribution >= 0.6 is 0 Å². The van der Waals surface area contributed by atoms with Gasteiger partial charge >= 0.3 is 12.1 Å². The molecule has 33 heavy (non-hydrogen) atoms. The second-order valence-corrected chi connectivity index (χ2v) is 8.54. The van der Waals surface area contributed by atoms with Crippen LogP contribution in [-0.4, -0.2) is 56.6 Å². The molecule has 178 valence electrons. The number of alkyl halides is 3. The Bertz CT molecular complexity index is 982. The van der Waals surface area contributed by atoms with Gasteiger partial charge in [0.2, 0.25) is 5.91 Å². The first-order valence-corrected chi connectivity index (χ1v) is 10.6. The number of anilines is 2. The van der Waals surface area contributed by atoms with Gasteiger partial charge in [-0.2, -0.15) is 13.2 Å². The van der Waals surface area contributed by atoms with Crippen molar-refractivity contribution in [2.24, 2.45) is 0 Å². The van der Waals surface area contributed by atoms with E-state index in [4.69, 9.17) is 4.74 Å². The number of carbonyl (C=O) groups is 2. The number of benzene rings is 2. The Hall–Kier alpha value is -3.07. The van der Waals surface area contributed by atoms with Gasteiger partial charge in [0.15, 0.2) is 0 Å². The van der Waals surface area contributed by atoms with Crippen LogP contribution in [0.25, 0.3) is 0 Å². The van der Waals surface area contributed by atoms with Gasteiger partial charge in [-0.05, 0) is 49.7 Å². The minimum absolute atomic E-state index is 0.253. The number of nitrogens with zero attached hydrogens (tertiary/aromatic N) is 2. The third-order valence-corrected chi connectivity index (χ3v) is 5.92. The SMILES string of the molecule is COC(=O)CN1CCN(c2ccc(NC(=O)C(C)(C)c3cccc(C(F)(F)F)c3)cc2)CC1. The van der Waals surface area contributed by atoms with E-state index in [0.717, 1.165) is 44.0 Å². The maximum Gasteiger partial charge on any atom is 0.416 e. The summed E-state index contributed by atoms with van der Waals surface area (Å²) in [6.07, 6.45) is -4.47. The highest BCUT2D eigenvalue weighted by molar-refractivity contribution is 5.98. The summed E-state index contributed by atoms with van der Waals surface area (Å²) < 4.78 is 43.9. The Kier molecular flexibility index (Phi) is 7.31. The van der Waals surface area contributed by atoms with Crippen LogP contribution in [0.4, 0.5) is 24.5 Å². The molecule has 6 nitrogen and oxygen atoms in total. The van der Waals surface area contributed by atoms with Crippen LogP contribution in [0, 0.1) is 0 Å². The summed E-state index contributed by atoms with van der Waals surface area (Å²) in [5, 5.41) is 2.81. The highest BCUT2D eigenvalue weighted by Gasteiger charge is 2.35. The molecule has 2 aromatic rings. The molecule has 0 radical (unpaired) electrons. The molecule has 0 aromatic heterocycles. The van der Waals surface area contributed by atoms with E-state index in [-0.39, 0.29) is 18.1 Å². The van der Waals surface area contributed by atoms with E-state index in [1.807, 2.05) is 17.0 Å². The zero-order chi connectivity index (χ0) is 24.2. The molecule has 2 aromatic carbocycles. The lowest BCUT2D eigenvalue weighted by molar-refractivity contribution is -0.142. The van der Waals surface area contributed by atoms with Crippen LogP contribution in [0.2, 0.25) is 0 Å². The summed E-state index contributed by atoms with van der Waals surface area (Å²) in [4.78, 5) is 28.5. The van der Waals surface area contributed by atoms with Gasteiger partial charge in [0, 0.05) is 37.6 Å². The number of nitrogens with one attached hydrogen (secondary N) is 1. The molecule has 1 N–H and O–H groups in total. The van der Waals surface area contributed by atoms with Crippen LogP contribution in [0.1, 0.15) is 25.0 Å². The predicted molar refractivity (Wildman–Crippen MR) is 120 cm³/mol. The lowest BCUT2D eigenvalue weighted by Gasteiger charge is -2.35. The second kappa shape index (κ2) is 9.82. The van der Waals surface area contributed by atoms with E-state index in [2.05, 4.69) is 10.2 Å². The minimum Gasteiger partial charge on any atom is -0.468 e. The summed E-state index contributed by atoms with van der Waals surface area (Å²) in [7, 11) is 1.37. The van der Waals surface area contributed by atoms with Crippen molar-refractivity contribution in [2.45, 2.75) is 25.4 Å². The van der Waals surface area contributed by atoms with Crippen molar-refractivity contribution in [3.05, 3.63) is 59.7 Å². The maximum atomic E-state index is 13.1. The number of esters is 1. The van der Waals surface area contributed by atoms with Gasteiger partial charge in [0.1, 0.15) is 0 Å². The molecule has 0 unspecified atom stereocenters. The summed E-state index contributed by atoms with van der Waals surface area (Å²) in [5.74, 6) is -0.650. The first-order valence-electron chi connectivity index (χ1n) is 10.6. The van der Waals surface area contributed by atoms with Crippen molar-refractivity contribution in [1.82, 2.24) is 4.90 Å². The minimum atomic E-state index is -4.47. The fraction of sp³-hybridized carbons (Fsp3) is 0.417. The van der Waals surface area contributed by atoms with Gasteiger partial charge < -0.3 is 15.0 Å². The molecule has 9 heteroatoms. The molecule has 1 saturated heterocycles. The summed E-state index contributed by atoms with van der Waals surface area (Å²) in [5.41, 5.74) is -0.0974. The van der Waals surface area contributed by atoms with E-state index in [1.54, 1.807) is 26.0 Å². The van der Waals surface area contributed by atoms with E-state index in [1.165, 1.54) is 19.2 Å². The van der Waals surface area contributed by atoms with Crippen LogP contribution in [0.15, 0.2) is 48.5 Å². The maximum absolute atomic E-state index is 13.1.